The minimum absolute atomic E-state index is 0.0357. The summed E-state index contributed by atoms with van der Waals surface area (Å²) in [5.41, 5.74) is 1.91. The molecule has 0 bridgehead atoms. The summed E-state index contributed by atoms with van der Waals surface area (Å²) in [5, 5.41) is 6.96. The van der Waals surface area contributed by atoms with Gasteiger partial charge in [0.15, 0.2) is 0 Å². The van der Waals surface area contributed by atoms with Gasteiger partial charge in [-0.15, -0.1) is 0 Å². The Bertz CT molecular complexity index is 1050. The molecule has 1 amide bonds. The van der Waals surface area contributed by atoms with E-state index in [1.807, 2.05) is 23.8 Å². The predicted molar refractivity (Wildman–Crippen MR) is 116 cm³/mol. The molecule has 0 aliphatic heterocycles. The molecule has 0 aliphatic carbocycles. The van der Waals surface area contributed by atoms with E-state index in [1.54, 1.807) is 47.7 Å². The molecular formula is C20H19BrN2O3S2. The van der Waals surface area contributed by atoms with E-state index in [0.29, 0.717) is 11.3 Å². The number of benzene rings is 2. The number of amides is 1. The fraction of sp³-hybridized carbons (Fsp3) is 0.150. The summed E-state index contributed by atoms with van der Waals surface area (Å²) in [6.07, 6.45) is 0.721. The largest absolute Gasteiger partial charge is 0.349 e. The lowest BCUT2D eigenvalue weighted by Crippen LogP contribution is -2.34. The average Bonchev–Trinajstić information content (AvgIpc) is 3.16. The fourth-order valence-electron chi connectivity index (χ4n) is 2.66. The highest BCUT2D eigenvalue weighted by atomic mass is 79.9. The van der Waals surface area contributed by atoms with Crippen LogP contribution in [-0.4, -0.2) is 20.4 Å². The number of halogens is 1. The summed E-state index contributed by atoms with van der Waals surface area (Å²) < 4.78 is 28.7. The first-order chi connectivity index (χ1) is 13.3. The van der Waals surface area contributed by atoms with Crippen LogP contribution in [0.25, 0.3) is 0 Å². The van der Waals surface area contributed by atoms with Crippen LogP contribution in [0.1, 0.15) is 22.8 Å². The van der Waals surface area contributed by atoms with Crippen molar-refractivity contribution in [1.82, 2.24) is 5.32 Å². The van der Waals surface area contributed by atoms with Crippen molar-refractivity contribution in [2.75, 3.05) is 4.72 Å². The van der Waals surface area contributed by atoms with E-state index in [2.05, 4.69) is 26.0 Å². The molecule has 2 aromatic carbocycles. The Kier molecular flexibility index (Phi) is 6.53. The maximum atomic E-state index is 12.6. The Morgan fingerprint density at radius 1 is 1.14 bits per heavy atom. The van der Waals surface area contributed by atoms with Gasteiger partial charge in [-0.1, -0.05) is 22.0 Å². The molecule has 3 rings (SSSR count). The van der Waals surface area contributed by atoms with E-state index in [0.717, 1.165) is 16.5 Å². The Balaban J connectivity index is 1.71. The molecule has 146 valence electrons. The number of thiophene rings is 1. The summed E-state index contributed by atoms with van der Waals surface area (Å²) in [6, 6.07) is 14.8. The number of carbonyl (C=O) groups excluding carboxylic acids is 1. The minimum Gasteiger partial charge on any atom is -0.349 e. The molecule has 0 spiro atoms. The van der Waals surface area contributed by atoms with Crippen LogP contribution in [0.4, 0.5) is 5.69 Å². The molecule has 0 saturated carbocycles. The number of anilines is 1. The van der Waals surface area contributed by atoms with E-state index < -0.39 is 10.0 Å². The number of hydrogen-bond acceptors (Lipinski definition) is 4. The van der Waals surface area contributed by atoms with Crippen molar-refractivity contribution < 1.29 is 13.2 Å². The lowest BCUT2D eigenvalue weighted by atomic mass is 10.1. The molecule has 5 nitrogen and oxygen atoms in total. The first kappa shape index (κ1) is 20.6. The Hall–Kier alpha value is -2.16. The van der Waals surface area contributed by atoms with Crippen LogP contribution in [-0.2, 0) is 16.4 Å². The van der Waals surface area contributed by atoms with Gasteiger partial charge in [-0.2, -0.15) is 11.3 Å². The molecule has 0 fully saturated rings. The molecule has 1 unspecified atom stereocenters. The lowest BCUT2D eigenvalue weighted by Gasteiger charge is -2.14. The maximum absolute atomic E-state index is 12.6. The van der Waals surface area contributed by atoms with Gasteiger partial charge in [0, 0.05) is 21.8 Å². The third kappa shape index (κ3) is 5.43. The highest BCUT2D eigenvalue weighted by molar-refractivity contribution is 9.10. The molecule has 0 aliphatic rings. The summed E-state index contributed by atoms with van der Waals surface area (Å²) >= 11 is 4.93. The van der Waals surface area contributed by atoms with Crippen LogP contribution in [0, 0.1) is 0 Å². The van der Waals surface area contributed by atoms with Crippen molar-refractivity contribution in [2.45, 2.75) is 24.3 Å². The molecule has 3 aromatic rings. The average molecular weight is 479 g/mol. The van der Waals surface area contributed by atoms with Crippen molar-refractivity contribution in [1.29, 1.82) is 0 Å². The normalized spacial score (nSPS) is 12.4. The third-order valence-electron chi connectivity index (χ3n) is 4.00. The van der Waals surface area contributed by atoms with Gasteiger partial charge < -0.3 is 5.32 Å². The number of carbonyl (C=O) groups is 1. The van der Waals surface area contributed by atoms with Gasteiger partial charge >= 0.3 is 0 Å². The molecule has 1 atom stereocenters. The summed E-state index contributed by atoms with van der Waals surface area (Å²) in [6.45, 7) is 1.92. The molecular weight excluding hydrogens is 460 g/mol. The number of nitrogens with one attached hydrogen (secondary N) is 2. The third-order valence-corrected chi connectivity index (χ3v) is 6.64. The van der Waals surface area contributed by atoms with E-state index in [4.69, 9.17) is 0 Å². The molecule has 0 radical (unpaired) electrons. The maximum Gasteiger partial charge on any atom is 0.261 e. The zero-order valence-electron chi connectivity index (χ0n) is 15.1. The monoisotopic (exact) mass is 478 g/mol. The van der Waals surface area contributed by atoms with Gasteiger partial charge in [-0.05, 0) is 78.2 Å². The van der Waals surface area contributed by atoms with Crippen LogP contribution < -0.4 is 10.0 Å². The first-order valence-corrected chi connectivity index (χ1v) is 11.8. The Morgan fingerprint density at radius 2 is 1.89 bits per heavy atom. The van der Waals surface area contributed by atoms with E-state index in [-0.39, 0.29) is 16.8 Å². The van der Waals surface area contributed by atoms with Crippen molar-refractivity contribution in [2.24, 2.45) is 0 Å². The molecule has 2 N–H and O–H groups in total. The van der Waals surface area contributed by atoms with Crippen molar-refractivity contribution in [3.63, 3.8) is 0 Å². The summed E-state index contributed by atoms with van der Waals surface area (Å²) in [5.74, 6) is -0.302. The second kappa shape index (κ2) is 8.89. The van der Waals surface area contributed by atoms with Gasteiger partial charge in [0.1, 0.15) is 0 Å². The SMILES string of the molecule is CC(Cc1ccsc1)NC(=O)c1cccc(S(=O)(=O)Nc2ccc(Br)cc2)c1. The zero-order chi connectivity index (χ0) is 20.1. The number of hydrogen-bond donors (Lipinski definition) is 2. The lowest BCUT2D eigenvalue weighted by molar-refractivity contribution is 0.0940. The minimum atomic E-state index is -3.80. The quantitative estimate of drug-likeness (QED) is 0.517. The van der Waals surface area contributed by atoms with E-state index in [9.17, 15) is 13.2 Å². The van der Waals surface area contributed by atoms with E-state index in [1.165, 1.54) is 12.1 Å². The molecule has 8 heteroatoms. The Morgan fingerprint density at radius 3 is 2.57 bits per heavy atom. The fourth-order valence-corrected chi connectivity index (χ4v) is 4.71. The van der Waals surface area contributed by atoms with Crippen LogP contribution in [0.2, 0.25) is 0 Å². The first-order valence-electron chi connectivity index (χ1n) is 8.54. The highest BCUT2D eigenvalue weighted by Crippen LogP contribution is 2.19. The smallest absolute Gasteiger partial charge is 0.261 e. The van der Waals surface area contributed by atoms with Crippen LogP contribution in [0.15, 0.2) is 74.7 Å². The van der Waals surface area contributed by atoms with Crippen molar-refractivity contribution >= 4 is 48.9 Å². The van der Waals surface area contributed by atoms with Gasteiger partial charge in [-0.3, -0.25) is 9.52 Å². The van der Waals surface area contributed by atoms with E-state index >= 15 is 0 Å². The van der Waals surface area contributed by atoms with Gasteiger partial charge in [-0.25, -0.2) is 8.42 Å². The number of sulfonamides is 1. The van der Waals surface area contributed by atoms with Crippen LogP contribution >= 0.6 is 27.3 Å². The summed E-state index contributed by atoms with van der Waals surface area (Å²) in [7, 11) is -3.80. The molecule has 0 saturated heterocycles. The molecule has 1 aromatic heterocycles. The zero-order valence-corrected chi connectivity index (χ0v) is 18.3. The second-order valence-electron chi connectivity index (χ2n) is 6.35. The predicted octanol–water partition coefficient (Wildman–Crippen LogP) is 4.67. The second-order valence-corrected chi connectivity index (χ2v) is 9.73. The number of rotatable bonds is 7. The van der Waals surface area contributed by atoms with Gasteiger partial charge in [0.25, 0.3) is 15.9 Å². The molecule has 1 heterocycles. The van der Waals surface area contributed by atoms with Crippen LogP contribution in [0.3, 0.4) is 0 Å². The Labute approximate surface area is 177 Å². The van der Waals surface area contributed by atoms with Crippen molar-refractivity contribution in [3.8, 4) is 0 Å². The highest BCUT2D eigenvalue weighted by Gasteiger charge is 2.17. The van der Waals surface area contributed by atoms with Gasteiger partial charge in [0.05, 0.1) is 4.90 Å². The summed E-state index contributed by atoms with van der Waals surface area (Å²) in [4.78, 5) is 12.6. The topological polar surface area (TPSA) is 75.3 Å². The standard InChI is InChI=1S/C20H19BrN2O3S2/c1-14(11-15-9-10-27-13-15)22-20(24)16-3-2-4-19(12-16)28(25,26)23-18-7-5-17(21)6-8-18/h2-10,12-14,23H,11H2,1H3,(H,22,24). The van der Waals surface area contributed by atoms with Gasteiger partial charge in [0.2, 0.25) is 0 Å². The van der Waals surface area contributed by atoms with Crippen LogP contribution in [0.5, 0.6) is 0 Å². The van der Waals surface area contributed by atoms with Crippen molar-refractivity contribution in [3.05, 3.63) is 81.0 Å². The molecule has 28 heavy (non-hydrogen) atoms.